The lowest BCUT2D eigenvalue weighted by Crippen LogP contribution is -2.22. The number of nitrogens with zero attached hydrogens (tertiary/aromatic N) is 3. The van der Waals surface area contributed by atoms with Crippen LogP contribution < -0.4 is 5.32 Å². The number of benzene rings is 1. The fourth-order valence-corrected chi connectivity index (χ4v) is 2.86. The first-order valence-corrected chi connectivity index (χ1v) is 7.86. The Morgan fingerprint density at radius 3 is 2.88 bits per heavy atom. The van der Waals surface area contributed by atoms with Crippen molar-refractivity contribution in [3.8, 4) is 0 Å². The van der Waals surface area contributed by atoms with Crippen LogP contribution in [0.3, 0.4) is 0 Å². The lowest BCUT2D eigenvalue weighted by molar-refractivity contribution is 0.0950. The second-order valence-electron chi connectivity index (χ2n) is 6.05. The molecule has 0 atom stereocenters. The van der Waals surface area contributed by atoms with Gasteiger partial charge in [-0.3, -0.25) is 9.78 Å². The molecule has 0 unspecified atom stereocenters. The summed E-state index contributed by atoms with van der Waals surface area (Å²) in [6, 6.07) is 9.70. The van der Waals surface area contributed by atoms with Crippen molar-refractivity contribution in [2.45, 2.75) is 25.3 Å². The summed E-state index contributed by atoms with van der Waals surface area (Å²) in [5.41, 5.74) is 3.77. The molecule has 0 aliphatic heterocycles. The number of carbonyl (C=O) groups is 1. The first-order chi connectivity index (χ1) is 11.2. The molecule has 124 valence electrons. The van der Waals surface area contributed by atoms with E-state index in [0.717, 1.165) is 16.6 Å². The molecule has 0 radical (unpaired) electrons. The van der Waals surface area contributed by atoms with Crippen LogP contribution in [-0.4, -0.2) is 20.4 Å². The van der Waals surface area contributed by atoms with Crippen molar-refractivity contribution in [3.63, 3.8) is 0 Å². The second kappa shape index (κ2) is 6.61. The number of hydrogen-bond acceptors (Lipinski definition) is 3. The quantitative estimate of drug-likeness (QED) is 0.792. The zero-order chi connectivity index (χ0) is 15.8. The van der Waals surface area contributed by atoms with Gasteiger partial charge >= 0.3 is 0 Å². The summed E-state index contributed by atoms with van der Waals surface area (Å²) in [6.45, 7) is 0.485. The van der Waals surface area contributed by atoms with Crippen LogP contribution in [0.4, 0.5) is 0 Å². The third kappa shape index (κ3) is 3.12. The molecule has 1 saturated carbocycles. The van der Waals surface area contributed by atoms with Gasteiger partial charge in [0, 0.05) is 31.9 Å². The first-order valence-electron chi connectivity index (χ1n) is 7.86. The smallest absolute Gasteiger partial charge is 0.253 e. The predicted molar refractivity (Wildman–Crippen MR) is 95.3 cm³/mol. The molecule has 0 bridgehead atoms. The average Bonchev–Trinajstić information content (AvgIpc) is 3.38. The van der Waals surface area contributed by atoms with Crippen LogP contribution in [0, 0.1) is 0 Å². The van der Waals surface area contributed by atoms with Gasteiger partial charge < -0.3 is 9.88 Å². The summed E-state index contributed by atoms with van der Waals surface area (Å²) in [5.74, 6) is 1.69. The SMILES string of the molecule is Cl.Cn1c(C2CC2)nc2cc(CNC(=O)c3cccnc3)ccc21. The summed E-state index contributed by atoms with van der Waals surface area (Å²) < 4.78 is 2.19. The standard InChI is InChI=1S/C18H18N4O.ClH/c1-22-16-7-4-12(9-15(16)21-17(22)13-5-6-13)10-20-18(23)14-3-2-8-19-11-14;/h2-4,7-9,11,13H,5-6,10H2,1H3,(H,20,23);1H. The molecule has 0 spiro atoms. The van der Waals surface area contributed by atoms with Crippen molar-refractivity contribution in [2.75, 3.05) is 0 Å². The number of imidazole rings is 1. The predicted octanol–water partition coefficient (Wildman–Crippen LogP) is 3.20. The third-order valence-electron chi connectivity index (χ3n) is 4.30. The van der Waals surface area contributed by atoms with Crippen LogP contribution >= 0.6 is 12.4 Å². The Hall–Kier alpha value is -2.40. The van der Waals surface area contributed by atoms with E-state index in [9.17, 15) is 4.79 Å². The minimum atomic E-state index is -0.113. The topological polar surface area (TPSA) is 59.8 Å². The van der Waals surface area contributed by atoms with Crippen molar-refractivity contribution in [1.29, 1.82) is 0 Å². The van der Waals surface area contributed by atoms with E-state index < -0.39 is 0 Å². The van der Waals surface area contributed by atoms with Crippen LogP contribution in [0.25, 0.3) is 11.0 Å². The minimum Gasteiger partial charge on any atom is -0.348 e. The number of nitrogens with one attached hydrogen (secondary N) is 1. The molecule has 4 rings (SSSR count). The van der Waals surface area contributed by atoms with E-state index >= 15 is 0 Å². The van der Waals surface area contributed by atoms with Gasteiger partial charge in [0.25, 0.3) is 5.91 Å². The maximum absolute atomic E-state index is 12.1. The number of aryl methyl sites for hydroxylation is 1. The molecule has 1 aliphatic carbocycles. The Kier molecular flexibility index (Phi) is 4.53. The summed E-state index contributed by atoms with van der Waals surface area (Å²) in [7, 11) is 2.08. The number of fused-ring (bicyclic) bond motifs is 1. The highest BCUT2D eigenvalue weighted by molar-refractivity contribution is 5.93. The molecule has 6 heteroatoms. The van der Waals surface area contributed by atoms with E-state index in [0.29, 0.717) is 18.0 Å². The number of hydrogen-bond donors (Lipinski definition) is 1. The van der Waals surface area contributed by atoms with Crippen LogP contribution in [0.1, 0.15) is 40.5 Å². The molecule has 2 heterocycles. The average molecular weight is 343 g/mol. The van der Waals surface area contributed by atoms with Crippen LogP contribution in [-0.2, 0) is 13.6 Å². The fourth-order valence-electron chi connectivity index (χ4n) is 2.86. The molecular weight excluding hydrogens is 324 g/mol. The maximum Gasteiger partial charge on any atom is 0.253 e. The third-order valence-corrected chi connectivity index (χ3v) is 4.30. The molecule has 0 saturated heterocycles. The number of halogens is 1. The molecule has 1 aliphatic rings. The zero-order valence-corrected chi connectivity index (χ0v) is 14.2. The molecule has 5 nitrogen and oxygen atoms in total. The van der Waals surface area contributed by atoms with E-state index in [1.807, 2.05) is 6.07 Å². The van der Waals surface area contributed by atoms with Crippen LogP contribution in [0.5, 0.6) is 0 Å². The van der Waals surface area contributed by atoms with Crippen molar-refractivity contribution in [3.05, 3.63) is 59.7 Å². The Bertz CT molecular complexity index is 871. The van der Waals surface area contributed by atoms with Crippen molar-refractivity contribution >= 4 is 29.3 Å². The first kappa shape index (κ1) is 16.5. The highest BCUT2D eigenvalue weighted by atomic mass is 35.5. The van der Waals surface area contributed by atoms with Gasteiger partial charge in [-0.25, -0.2) is 4.98 Å². The number of rotatable bonds is 4. The lowest BCUT2D eigenvalue weighted by atomic mass is 10.2. The van der Waals surface area contributed by atoms with E-state index in [2.05, 4.69) is 34.0 Å². The second-order valence-corrected chi connectivity index (χ2v) is 6.05. The van der Waals surface area contributed by atoms with Gasteiger partial charge in [-0.2, -0.15) is 0 Å². The Balaban J connectivity index is 0.00000169. The van der Waals surface area contributed by atoms with Crippen molar-refractivity contribution < 1.29 is 4.79 Å². The summed E-state index contributed by atoms with van der Waals surface area (Å²) in [5, 5.41) is 2.92. The molecule has 2 aromatic heterocycles. The highest BCUT2D eigenvalue weighted by Gasteiger charge is 2.28. The number of carbonyl (C=O) groups excluding carboxylic acids is 1. The summed E-state index contributed by atoms with van der Waals surface area (Å²) in [4.78, 5) is 20.8. The van der Waals surface area contributed by atoms with Gasteiger partial charge in [0.1, 0.15) is 5.82 Å². The van der Waals surface area contributed by atoms with E-state index in [-0.39, 0.29) is 18.3 Å². The van der Waals surface area contributed by atoms with Gasteiger partial charge in [0.2, 0.25) is 0 Å². The van der Waals surface area contributed by atoms with E-state index in [1.54, 1.807) is 24.5 Å². The maximum atomic E-state index is 12.1. The van der Waals surface area contributed by atoms with Gasteiger partial charge in [0.15, 0.2) is 0 Å². The number of pyridine rings is 1. The molecule has 3 aromatic rings. The van der Waals surface area contributed by atoms with Crippen molar-refractivity contribution in [1.82, 2.24) is 19.9 Å². The summed E-state index contributed by atoms with van der Waals surface area (Å²) >= 11 is 0. The molecule has 1 fully saturated rings. The molecule has 1 N–H and O–H groups in total. The Morgan fingerprint density at radius 2 is 2.17 bits per heavy atom. The van der Waals surface area contributed by atoms with Gasteiger partial charge in [0.05, 0.1) is 16.6 Å². The number of amides is 1. The summed E-state index contributed by atoms with van der Waals surface area (Å²) in [6.07, 6.45) is 5.71. The van der Waals surface area contributed by atoms with E-state index in [1.165, 1.54) is 18.7 Å². The fraction of sp³-hybridized carbons (Fsp3) is 0.278. The monoisotopic (exact) mass is 342 g/mol. The largest absolute Gasteiger partial charge is 0.348 e. The van der Waals surface area contributed by atoms with Crippen LogP contribution in [0.15, 0.2) is 42.7 Å². The molecule has 1 aromatic carbocycles. The lowest BCUT2D eigenvalue weighted by Gasteiger charge is -2.05. The normalized spacial score (nSPS) is 13.5. The van der Waals surface area contributed by atoms with Gasteiger partial charge in [-0.05, 0) is 42.7 Å². The van der Waals surface area contributed by atoms with E-state index in [4.69, 9.17) is 4.98 Å². The van der Waals surface area contributed by atoms with Crippen molar-refractivity contribution in [2.24, 2.45) is 7.05 Å². The molecular formula is C18H19ClN4O. The molecule has 1 amide bonds. The highest BCUT2D eigenvalue weighted by Crippen LogP contribution is 2.40. The van der Waals surface area contributed by atoms with Gasteiger partial charge in [-0.15, -0.1) is 12.4 Å². The Labute approximate surface area is 146 Å². The Morgan fingerprint density at radius 1 is 1.33 bits per heavy atom. The van der Waals surface area contributed by atoms with Gasteiger partial charge in [-0.1, -0.05) is 6.07 Å². The number of aromatic nitrogens is 3. The minimum absolute atomic E-state index is 0. The zero-order valence-electron chi connectivity index (χ0n) is 13.4. The molecule has 24 heavy (non-hydrogen) atoms. The van der Waals surface area contributed by atoms with Crippen LogP contribution in [0.2, 0.25) is 0 Å².